The average Bonchev–Trinajstić information content (AvgIpc) is 0.761. The smallest absolute Gasteiger partial charge is 0.463 e. The lowest BCUT2D eigenvalue weighted by atomic mass is 9.84. The van der Waals surface area contributed by atoms with Gasteiger partial charge in [0.2, 0.25) is 0 Å². The van der Waals surface area contributed by atoms with Gasteiger partial charge in [-0.25, -0.2) is 4.57 Å². The van der Waals surface area contributed by atoms with Crippen molar-refractivity contribution in [3.8, 4) is 0 Å². The van der Waals surface area contributed by atoms with Crippen molar-refractivity contribution < 1.29 is 117 Å². The van der Waals surface area contributed by atoms with Crippen LogP contribution >= 0.6 is 7.82 Å². The number of carbonyl (C=O) groups is 3. The molecular weight excluding hydrogens is 1330 g/mol. The van der Waals surface area contributed by atoms with Gasteiger partial charge in [0, 0.05) is 19.3 Å². The summed E-state index contributed by atoms with van der Waals surface area (Å²) in [5, 5.41) is 110. The summed E-state index contributed by atoms with van der Waals surface area (Å²) in [6, 6.07) is 0. The fourth-order valence-corrected chi connectivity index (χ4v) is 14.3. The Morgan fingerprint density at radius 2 is 0.752 bits per heavy atom. The number of hydrogen-bond acceptors (Lipinski definition) is 23. The molecule has 101 heavy (non-hydrogen) atoms. The van der Waals surface area contributed by atoms with Gasteiger partial charge in [-0.15, -0.1) is 0 Å². The van der Waals surface area contributed by atoms with Crippen LogP contribution in [0.4, 0.5) is 0 Å². The molecule has 25 heteroatoms. The van der Waals surface area contributed by atoms with Crippen molar-refractivity contribution in [1.82, 2.24) is 0 Å². The number of rotatable bonds is 62. The maximum absolute atomic E-state index is 14.4. The van der Waals surface area contributed by atoms with Crippen molar-refractivity contribution in [1.29, 1.82) is 0 Å². The number of phosphoric acid groups is 1. The van der Waals surface area contributed by atoms with Crippen molar-refractivity contribution in [2.24, 2.45) is 5.92 Å². The summed E-state index contributed by atoms with van der Waals surface area (Å²) >= 11 is 0. The van der Waals surface area contributed by atoms with E-state index in [1.807, 2.05) is 0 Å². The minimum absolute atomic E-state index is 0.0292. The number of hydrogen-bond donors (Lipinski definition) is 11. The molecule has 11 N–H and O–H groups in total. The lowest BCUT2D eigenvalue weighted by molar-refractivity contribution is -0.360. The summed E-state index contributed by atoms with van der Waals surface area (Å²) < 4.78 is 65.1. The summed E-state index contributed by atoms with van der Waals surface area (Å²) in [5.41, 5.74) is 0. The van der Waals surface area contributed by atoms with Gasteiger partial charge in [0.25, 0.3) is 0 Å². The molecule has 0 aromatic rings. The standard InChI is InChI=1S/C76H141O24P/c1-5-8-11-14-17-19-21-23-24-25-26-28-29-31-33-39-44-49-60(78)92-53-57(95-62(80)51-46-41-34-32-30-27-22-20-18-15-12-9-6-2)54-94-101(90,91)100-74-72(98-75-70(88)65(83)63(81)58(52-77)96-75)68(86)67(85)69(87)73(74)99-76-71(89)66(84)64(82)59(97-76)55-93-61(79)50-45-40-36-35-38-43-48-56(4)47-42-37-16-13-10-7-3/h27,30,56-59,63-77,81-89H,5-26,28-29,31-55H2,1-4H3,(H,90,91)/b30-27-. The molecule has 594 valence electrons. The summed E-state index contributed by atoms with van der Waals surface area (Å²) in [5.74, 6) is -1.30. The molecule has 2 aliphatic heterocycles. The fourth-order valence-electron chi connectivity index (χ4n) is 13.4. The lowest BCUT2D eigenvalue weighted by Crippen LogP contribution is -2.69. The maximum atomic E-state index is 14.4. The van der Waals surface area contributed by atoms with Crippen LogP contribution < -0.4 is 0 Å². The molecule has 19 atom stereocenters. The van der Waals surface area contributed by atoms with E-state index in [9.17, 15) is 74.9 Å². The highest BCUT2D eigenvalue weighted by molar-refractivity contribution is 7.47. The molecule has 1 aliphatic carbocycles. The Kier molecular flexibility index (Phi) is 52.4. The number of allylic oxidation sites excluding steroid dienone is 2. The van der Waals surface area contributed by atoms with E-state index < -0.39 is 156 Å². The van der Waals surface area contributed by atoms with Crippen molar-refractivity contribution >= 4 is 25.7 Å². The second kappa shape index (κ2) is 56.9. The molecule has 1 saturated carbocycles. The van der Waals surface area contributed by atoms with Gasteiger partial charge < -0.3 is 89.1 Å². The number of ether oxygens (including phenoxy) is 7. The number of unbranched alkanes of at least 4 members (excludes halogenated alkanes) is 35. The normalized spacial score (nSPS) is 27.5. The largest absolute Gasteiger partial charge is 0.472 e. The Labute approximate surface area is 605 Å². The fraction of sp³-hybridized carbons (Fsp3) is 0.934. The topological polar surface area (TPSA) is 374 Å². The molecule has 0 radical (unpaired) electrons. The SMILES string of the molecule is CCCCCCCC/C=C\CCCCCC(=O)OC(COC(=O)CCCCCCCCCCCCCCCCCCC)COP(=O)(O)OC1C(OC2OC(CO)C(O)C(O)C2O)C(O)C(O)C(O)C1OC1OC(COC(=O)CCCCCCCCC(C)CCCCCCCC)C(O)C(O)C1O. The molecule has 2 heterocycles. The number of esters is 3. The minimum Gasteiger partial charge on any atom is -0.463 e. The quantitative estimate of drug-likeness (QED) is 0.00886. The van der Waals surface area contributed by atoms with E-state index in [1.165, 1.54) is 161 Å². The van der Waals surface area contributed by atoms with E-state index in [0.29, 0.717) is 31.6 Å². The van der Waals surface area contributed by atoms with Crippen LogP contribution in [0.2, 0.25) is 0 Å². The molecule has 3 fully saturated rings. The molecule has 0 amide bonds. The van der Waals surface area contributed by atoms with Crippen LogP contribution in [-0.2, 0) is 61.2 Å². The zero-order valence-corrected chi connectivity index (χ0v) is 63.3. The highest BCUT2D eigenvalue weighted by Gasteiger charge is 2.58. The number of phosphoric ester groups is 1. The first kappa shape index (κ1) is 92.9. The number of aliphatic hydroxyl groups is 10. The summed E-state index contributed by atoms with van der Waals surface area (Å²) in [6.07, 6.45) is 15.6. The Bertz CT molecular complexity index is 2150. The summed E-state index contributed by atoms with van der Waals surface area (Å²) in [6.45, 7) is 5.78. The Morgan fingerprint density at radius 3 is 1.18 bits per heavy atom. The molecule has 0 spiro atoms. The third-order valence-corrected chi connectivity index (χ3v) is 20.9. The molecule has 0 bridgehead atoms. The van der Waals surface area contributed by atoms with Gasteiger partial charge in [0.1, 0.15) is 98.7 Å². The minimum atomic E-state index is -5.70. The average molecular weight is 1470 g/mol. The first-order chi connectivity index (χ1) is 48.7. The van der Waals surface area contributed by atoms with Crippen molar-refractivity contribution in [2.45, 2.75) is 421 Å². The van der Waals surface area contributed by atoms with Crippen molar-refractivity contribution in [2.75, 3.05) is 26.4 Å². The Hall–Kier alpha value is -2.30. The van der Waals surface area contributed by atoms with Gasteiger partial charge in [-0.05, 0) is 50.9 Å². The van der Waals surface area contributed by atoms with Crippen LogP contribution in [0.5, 0.6) is 0 Å². The Balaban J connectivity index is 1.71. The first-order valence-corrected chi connectivity index (χ1v) is 41.4. The molecule has 0 aromatic carbocycles. The van der Waals surface area contributed by atoms with E-state index in [4.69, 9.17) is 42.2 Å². The number of carbonyl (C=O) groups excluding carboxylic acids is 3. The highest BCUT2D eigenvalue weighted by atomic mass is 31.2. The second-order valence-electron chi connectivity index (χ2n) is 29.1. The van der Waals surface area contributed by atoms with Gasteiger partial charge in [-0.1, -0.05) is 265 Å². The van der Waals surface area contributed by atoms with Gasteiger partial charge >= 0.3 is 25.7 Å². The van der Waals surface area contributed by atoms with Crippen LogP contribution in [0.25, 0.3) is 0 Å². The molecule has 2 saturated heterocycles. The molecule has 3 rings (SSSR count). The third-order valence-electron chi connectivity index (χ3n) is 19.9. The van der Waals surface area contributed by atoms with Crippen molar-refractivity contribution in [3.63, 3.8) is 0 Å². The molecule has 24 nitrogen and oxygen atoms in total. The van der Waals surface area contributed by atoms with Crippen LogP contribution in [0.1, 0.15) is 317 Å². The molecule has 0 aromatic heterocycles. The first-order valence-electron chi connectivity index (χ1n) is 39.9. The van der Waals surface area contributed by atoms with Gasteiger partial charge in [-0.3, -0.25) is 23.4 Å². The monoisotopic (exact) mass is 1470 g/mol. The van der Waals surface area contributed by atoms with E-state index in [-0.39, 0.29) is 19.3 Å². The zero-order valence-electron chi connectivity index (χ0n) is 62.4. The Morgan fingerprint density at radius 1 is 0.406 bits per heavy atom. The molecular formula is C76H141O24P. The predicted molar refractivity (Wildman–Crippen MR) is 384 cm³/mol. The third kappa shape index (κ3) is 39.9. The van der Waals surface area contributed by atoms with Crippen LogP contribution in [0.15, 0.2) is 12.2 Å². The van der Waals surface area contributed by atoms with Crippen LogP contribution in [0.3, 0.4) is 0 Å². The van der Waals surface area contributed by atoms with Gasteiger partial charge in [0.15, 0.2) is 18.7 Å². The zero-order chi connectivity index (χ0) is 74.1. The van der Waals surface area contributed by atoms with E-state index in [2.05, 4.69) is 39.8 Å². The van der Waals surface area contributed by atoms with E-state index in [1.54, 1.807) is 0 Å². The molecule has 3 aliphatic rings. The number of aliphatic hydroxyl groups excluding tert-OH is 10. The maximum Gasteiger partial charge on any atom is 0.472 e. The van der Waals surface area contributed by atoms with Crippen LogP contribution in [-0.4, -0.2) is 204 Å². The van der Waals surface area contributed by atoms with E-state index in [0.717, 1.165) is 83.5 Å². The van der Waals surface area contributed by atoms with Crippen molar-refractivity contribution in [3.05, 3.63) is 12.2 Å². The predicted octanol–water partition coefficient (Wildman–Crippen LogP) is 11.8. The van der Waals surface area contributed by atoms with Gasteiger partial charge in [0.05, 0.1) is 13.2 Å². The highest BCUT2D eigenvalue weighted by Crippen LogP contribution is 2.49. The second-order valence-corrected chi connectivity index (χ2v) is 30.5. The lowest BCUT2D eigenvalue weighted by Gasteiger charge is -2.49. The summed E-state index contributed by atoms with van der Waals surface area (Å²) in [7, 11) is -5.70. The van der Waals surface area contributed by atoms with Crippen LogP contribution in [0, 0.1) is 5.92 Å². The summed E-state index contributed by atoms with van der Waals surface area (Å²) in [4.78, 5) is 51.1. The van der Waals surface area contributed by atoms with E-state index >= 15 is 0 Å². The molecule has 19 unspecified atom stereocenters. The van der Waals surface area contributed by atoms with Gasteiger partial charge in [-0.2, -0.15) is 0 Å².